The fourth-order valence-corrected chi connectivity index (χ4v) is 4.81. The average Bonchev–Trinajstić information content (AvgIpc) is 3.43. The van der Waals surface area contributed by atoms with Crippen LogP contribution in [0.3, 0.4) is 0 Å². The number of amides is 1. The third-order valence-electron chi connectivity index (χ3n) is 6.32. The first-order valence-corrected chi connectivity index (χ1v) is 10.1. The van der Waals surface area contributed by atoms with Gasteiger partial charge in [-0.2, -0.15) is 0 Å². The third-order valence-corrected chi connectivity index (χ3v) is 6.32. The van der Waals surface area contributed by atoms with E-state index < -0.39 is 0 Å². The van der Waals surface area contributed by atoms with Crippen LogP contribution < -0.4 is 10.1 Å². The molecule has 2 aliphatic carbocycles. The molecule has 1 aromatic heterocycles. The number of rotatable bonds is 7. The summed E-state index contributed by atoms with van der Waals surface area (Å²) in [6, 6.07) is 10.6. The first-order valence-electron chi connectivity index (χ1n) is 10.1. The summed E-state index contributed by atoms with van der Waals surface area (Å²) in [5.74, 6) is 3.66. The van der Waals surface area contributed by atoms with Gasteiger partial charge in [0.2, 0.25) is 0 Å². The molecule has 2 saturated carbocycles. The summed E-state index contributed by atoms with van der Waals surface area (Å²) in [6.45, 7) is 3.87. The summed E-state index contributed by atoms with van der Waals surface area (Å²) in [4.78, 5) is 23.8. The van der Waals surface area contributed by atoms with E-state index in [0.29, 0.717) is 28.8 Å². The molecule has 0 aliphatic heterocycles. The number of Topliss-reactive ketones (excluding diaryl/α,β-unsaturated/α-hetero) is 1. The molecule has 2 aliphatic rings. The Morgan fingerprint density at radius 3 is 2.57 bits per heavy atom. The summed E-state index contributed by atoms with van der Waals surface area (Å²) in [6.07, 6.45) is 5.25. The highest BCUT2D eigenvalue weighted by atomic mass is 16.5. The van der Waals surface area contributed by atoms with Gasteiger partial charge in [0, 0.05) is 11.6 Å². The number of furan rings is 1. The number of hydrogen-bond acceptors (Lipinski definition) is 4. The third kappa shape index (κ3) is 3.98. The van der Waals surface area contributed by atoms with Crippen LogP contribution in [0.5, 0.6) is 5.75 Å². The van der Waals surface area contributed by atoms with Gasteiger partial charge in [-0.05, 0) is 87.3 Å². The molecule has 2 aromatic rings. The molecular weight excluding hydrogens is 354 g/mol. The summed E-state index contributed by atoms with van der Waals surface area (Å²) < 4.78 is 11.3. The Kier molecular flexibility index (Phi) is 5.25. The van der Waals surface area contributed by atoms with Crippen molar-refractivity contribution in [3.63, 3.8) is 0 Å². The number of ether oxygens (including phenoxy) is 1. The highest BCUT2D eigenvalue weighted by molar-refractivity contribution is 5.94. The number of fused-ring (bicyclic) bond motifs is 2. The Labute approximate surface area is 165 Å². The van der Waals surface area contributed by atoms with E-state index in [4.69, 9.17) is 9.15 Å². The van der Waals surface area contributed by atoms with E-state index in [1.165, 1.54) is 32.6 Å². The zero-order chi connectivity index (χ0) is 19.7. The predicted molar refractivity (Wildman–Crippen MR) is 105 cm³/mol. The van der Waals surface area contributed by atoms with Crippen LogP contribution in [0.4, 0.5) is 0 Å². The standard InChI is InChI=1S/C23H27NO4/c1-14(21-12-16-3-4-18(21)11-16)24-23(26)22-10-9-20(28-22)13-27-19-7-5-17(6-8-19)15(2)25/h5-10,14,16,18,21H,3-4,11-13H2,1-2H3,(H,24,26). The van der Waals surface area contributed by atoms with Gasteiger partial charge in [-0.15, -0.1) is 0 Å². The van der Waals surface area contributed by atoms with Gasteiger partial charge in [-0.25, -0.2) is 0 Å². The van der Waals surface area contributed by atoms with Gasteiger partial charge in [0.25, 0.3) is 5.91 Å². The van der Waals surface area contributed by atoms with Crippen molar-refractivity contribution in [1.29, 1.82) is 0 Å². The highest BCUT2D eigenvalue weighted by Crippen LogP contribution is 2.49. The highest BCUT2D eigenvalue weighted by Gasteiger charge is 2.42. The quantitative estimate of drug-likeness (QED) is 0.711. The summed E-state index contributed by atoms with van der Waals surface area (Å²) in [7, 11) is 0. The molecule has 4 rings (SSSR count). The molecule has 0 radical (unpaired) electrons. The maximum Gasteiger partial charge on any atom is 0.287 e. The molecule has 2 bridgehead atoms. The van der Waals surface area contributed by atoms with Crippen LogP contribution >= 0.6 is 0 Å². The molecule has 5 nitrogen and oxygen atoms in total. The zero-order valence-electron chi connectivity index (χ0n) is 16.4. The molecule has 28 heavy (non-hydrogen) atoms. The van der Waals surface area contributed by atoms with Crippen molar-refractivity contribution < 1.29 is 18.7 Å². The van der Waals surface area contributed by atoms with Gasteiger partial charge in [-0.3, -0.25) is 9.59 Å². The molecule has 0 spiro atoms. The second-order valence-electron chi connectivity index (χ2n) is 8.24. The fraction of sp³-hybridized carbons (Fsp3) is 0.478. The molecule has 5 heteroatoms. The summed E-state index contributed by atoms with van der Waals surface area (Å²) in [5.41, 5.74) is 0.647. The van der Waals surface area contributed by atoms with Gasteiger partial charge in [0.1, 0.15) is 18.1 Å². The van der Waals surface area contributed by atoms with Crippen LogP contribution in [-0.4, -0.2) is 17.7 Å². The van der Waals surface area contributed by atoms with E-state index in [1.807, 2.05) is 0 Å². The molecule has 4 atom stereocenters. The number of benzene rings is 1. The molecule has 1 aromatic carbocycles. The van der Waals surface area contributed by atoms with Crippen molar-refractivity contribution in [3.8, 4) is 5.75 Å². The van der Waals surface area contributed by atoms with Crippen molar-refractivity contribution in [2.24, 2.45) is 17.8 Å². The molecule has 1 amide bonds. The molecule has 1 heterocycles. The average molecular weight is 381 g/mol. The van der Waals surface area contributed by atoms with E-state index in [0.717, 1.165) is 11.8 Å². The largest absolute Gasteiger partial charge is 0.486 e. The van der Waals surface area contributed by atoms with E-state index in [2.05, 4.69) is 12.2 Å². The lowest BCUT2D eigenvalue weighted by Gasteiger charge is -2.28. The Balaban J connectivity index is 1.29. The summed E-state index contributed by atoms with van der Waals surface area (Å²) >= 11 is 0. The van der Waals surface area contributed by atoms with E-state index in [9.17, 15) is 9.59 Å². The van der Waals surface area contributed by atoms with Crippen LogP contribution in [0.15, 0.2) is 40.8 Å². The van der Waals surface area contributed by atoms with Crippen LogP contribution in [0.2, 0.25) is 0 Å². The monoisotopic (exact) mass is 381 g/mol. The number of nitrogens with one attached hydrogen (secondary N) is 1. The van der Waals surface area contributed by atoms with E-state index in [-0.39, 0.29) is 24.3 Å². The minimum Gasteiger partial charge on any atom is -0.486 e. The first kappa shape index (κ1) is 18.8. The van der Waals surface area contributed by atoms with Crippen LogP contribution in [0.25, 0.3) is 0 Å². The lowest BCUT2D eigenvalue weighted by Crippen LogP contribution is -2.40. The molecule has 0 saturated heterocycles. The SMILES string of the molecule is CC(=O)c1ccc(OCc2ccc(C(=O)NC(C)C3CC4CCC3C4)o2)cc1. The van der Waals surface area contributed by atoms with E-state index in [1.54, 1.807) is 36.4 Å². The van der Waals surface area contributed by atoms with Crippen LogP contribution in [-0.2, 0) is 6.61 Å². The zero-order valence-corrected chi connectivity index (χ0v) is 16.4. The van der Waals surface area contributed by atoms with Gasteiger partial charge >= 0.3 is 0 Å². The van der Waals surface area contributed by atoms with E-state index >= 15 is 0 Å². The van der Waals surface area contributed by atoms with Crippen molar-refractivity contribution in [3.05, 3.63) is 53.5 Å². The smallest absolute Gasteiger partial charge is 0.287 e. The molecule has 4 unspecified atom stereocenters. The topological polar surface area (TPSA) is 68.5 Å². The lowest BCUT2D eigenvalue weighted by atomic mass is 9.84. The van der Waals surface area contributed by atoms with Gasteiger partial charge < -0.3 is 14.5 Å². The molecular formula is C23H27NO4. The van der Waals surface area contributed by atoms with Gasteiger partial charge in [0.05, 0.1) is 0 Å². The second kappa shape index (κ2) is 7.82. The van der Waals surface area contributed by atoms with Gasteiger partial charge in [0.15, 0.2) is 11.5 Å². The summed E-state index contributed by atoms with van der Waals surface area (Å²) in [5, 5.41) is 3.12. The molecule has 1 N–H and O–H groups in total. The maximum absolute atomic E-state index is 12.5. The number of ketones is 1. The first-order chi connectivity index (χ1) is 13.5. The Hall–Kier alpha value is -2.56. The second-order valence-corrected chi connectivity index (χ2v) is 8.24. The van der Waals surface area contributed by atoms with Crippen LogP contribution in [0.1, 0.15) is 66.2 Å². The van der Waals surface area contributed by atoms with Gasteiger partial charge in [-0.1, -0.05) is 6.42 Å². The Bertz CT molecular complexity index is 854. The van der Waals surface area contributed by atoms with Crippen LogP contribution in [0, 0.1) is 17.8 Å². The minimum atomic E-state index is -0.160. The molecule has 148 valence electrons. The lowest BCUT2D eigenvalue weighted by molar-refractivity contribution is 0.0882. The normalized spacial score (nSPS) is 24.1. The van der Waals surface area contributed by atoms with Crippen molar-refractivity contribution >= 4 is 11.7 Å². The number of carbonyl (C=O) groups excluding carboxylic acids is 2. The Morgan fingerprint density at radius 1 is 1.14 bits per heavy atom. The maximum atomic E-state index is 12.5. The van der Waals surface area contributed by atoms with Crippen molar-refractivity contribution in [2.45, 2.75) is 52.2 Å². The number of hydrogen-bond donors (Lipinski definition) is 1. The van der Waals surface area contributed by atoms with Crippen molar-refractivity contribution in [2.75, 3.05) is 0 Å². The predicted octanol–water partition coefficient (Wildman–Crippen LogP) is 4.62. The minimum absolute atomic E-state index is 0.0212. The number of carbonyl (C=O) groups is 2. The van der Waals surface area contributed by atoms with Crippen molar-refractivity contribution in [1.82, 2.24) is 5.32 Å². The molecule has 2 fully saturated rings. The fourth-order valence-electron chi connectivity index (χ4n) is 4.81. The Morgan fingerprint density at radius 2 is 1.93 bits per heavy atom.